The Morgan fingerprint density at radius 1 is 1.20 bits per heavy atom. The molecule has 1 atom stereocenters. The van der Waals surface area contributed by atoms with E-state index in [4.69, 9.17) is 0 Å². The number of alkyl halides is 1. The molecule has 9 heteroatoms. The lowest BCUT2D eigenvalue weighted by atomic mass is 10.1. The molecular formula is C16H19FN6O2. The monoisotopic (exact) mass is 346 g/mol. The number of aryl methyl sites for hydroxylation is 1. The zero-order valence-corrected chi connectivity index (χ0v) is 13.9. The van der Waals surface area contributed by atoms with Crippen LogP contribution in [0.2, 0.25) is 0 Å². The van der Waals surface area contributed by atoms with Crippen LogP contribution in [-0.4, -0.2) is 75.2 Å². The highest BCUT2D eigenvalue weighted by Crippen LogP contribution is 2.34. The van der Waals surface area contributed by atoms with Crippen molar-refractivity contribution in [3.05, 3.63) is 18.2 Å². The van der Waals surface area contributed by atoms with Gasteiger partial charge in [0, 0.05) is 39.1 Å². The summed E-state index contributed by atoms with van der Waals surface area (Å²) in [6.07, 6.45) is 3.21. The Morgan fingerprint density at radius 2 is 1.92 bits per heavy atom. The first kappa shape index (κ1) is 15.9. The smallest absolute Gasteiger partial charge is 0.289 e. The molecule has 2 aliphatic heterocycles. The van der Waals surface area contributed by atoms with Crippen LogP contribution in [0.1, 0.15) is 23.3 Å². The molecule has 1 aliphatic carbocycles. The van der Waals surface area contributed by atoms with Crippen molar-refractivity contribution in [1.29, 1.82) is 0 Å². The summed E-state index contributed by atoms with van der Waals surface area (Å²) >= 11 is 0. The van der Waals surface area contributed by atoms with Crippen molar-refractivity contribution < 1.29 is 14.0 Å². The van der Waals surface area contributed by atoms with Gasteiger partial charge in [0.25, 0.3) is 11.8 Å². The number of carbonyl (C=O) groups excluding carboxylic acids is 2. The number of amides is 2. The first-order valence-corrected chi connectivity index (χ1v) is 8.40. The molecule has 132 valence electrons. The maximum atomic E-state index is 14.0. The van der Waals surface area contributed by atoms with E-state index in [1.165, 1.54) is 0 Å². The van der Waals surface area contributed by atoms with Gasteiger partial charge in [0.15, 0.2) is 0 Å². The molecule has 0 radical (unpaired) electrons. The molecule has 3 aliphatic rings. The number of halogens is 1. The van der Waals surface area contributed by atoms with Crippen LogP contribution in [0.4, 0.5) is 4.39 Å². The lowest BCUT2D eigenvalue weighted by molar-refractivity contribution is -0.120. The average molecular weight is 346 g/mol. The van der Waals surface area contributed by atoms with Crippen molar-refractivity contribution >= 4 is 23.5 Å². The maximum Gasteiger partial charge on any atom is 0.289 e. The molecule has 4 rings (SSSR count). The second-order valence-corrected chi connectivity index (χ2v) is 6.59. The van der Waals surface area contributed by atoms with E-state index in [1.54, 1.807) is 29.0 Å². The molecule has 1 saturated heterocycles. The third-order valence-electron chi connectivity index (χ3n) is 4.80. The number of nitrogens with zero attached hydrogens (tertiary/aromatic N) is 6. The van der Waals surface area contributed by atoms with Crippen LogP contribution in [0.5, 0.6) is 0 Å². The summed E-state index contributed by atoms with van der Waals surface area (Å²) in [5.74, 6) is -0.474. The van der Waals surface area contributed by atoms with Crippen LogP contribution < -0.4 is 0 Å². The number of aromatic nitrogens is 2. The molecule has 0 spiro atoms. The van der Waals surface area contributed by atoms with Gasteiger partial charge in [-0.05, 0) is 12.8 Å². The van der Waals surface area contributed by atoms with Gasteiger partial charge in [-0.1, -0.05) is 0 Å². The Balaban J connectivity index is 1.43. The van der Waals surface area contributed by atoms with E-state index in [2.05, 4.69) is 15.0 Å². The largest absolute Gasteiger partial charge is 0.337 e. The quantitative estimate of drug-likeness (QED) is 0.769. The van der Waals surface area contributed by atoms with Gasteiger partial charge in [0.05, 0.1) is 18.2 Å². The van der Waals surface area contributed by atoms with Crippen LogP contribution >= 0.6 is 0 Å². The van der Waals surface area contributed by atoms with Gasteiger partial charge in [-0.25, -0.2) is 14.4 Å². The molecule has 8 nitrogen and oxygen atoms in total. The molecule has 25 heavy (non-hydrogen) atoms. The van der Waals surface area contributed by atoms with Gasteiger partial charge in [-0.15, -0.1) is 0 Å². The highest BCUT2D eigenvalue weighted by Gasteiger charge is 2.40. The number of carbonyl (C=O) groups is 2. The molecule has 1 unspecified atom stereocenters. The number of hydrogen-bond acceptors (Lipinski definition) is 5. The summed E-state index contributed by atoms with van der Waals surface area (Å²) < 4.78 is 15.7. The van der Waals surface area contributed by atoms with E-state index in [1.807, 2.05) is 4.90 Å². The van der Waals surface area contributed by atoms with Crippen molar-refractivity contribution in [2.75, 3.05) is 26.2 Å². The Morgan fingerprint density at radius 3 is 2.52 bits per heavy atom. The molecular weight excluding hydrogens is 327 g/mol. The van der Waals surface area contributed by atoms with Crippen LogP contribution in [0.3, 0.4) is 0 Å². The molecule has 1 aromatic rings. The van der Waals surface area contributed by atoms with Crippen LogP contribution in [0.15, 0.2) is 22.5 Å². The minimum Gasteiger partial charge on any atom is -0.337 e. The Labute approximate surface area is 144 Å². The van der Waals surface area contributed by atoms with Gasteiger partial charge in [0.1, 0.15) is 5.69 Å². The van der Waals surface area contributed by atoms with E-state index >= 15 is 0 Å². The highest BCUT2D eigenvalue weighted by molar-refractivity contribution is 6.18. The first-order valence-electron chi connectivity index (χ1n) is 8.40. The number of aliphatic imine (C=N–C) groups is 2. The Bertz CT molecular complexity index is 773. The third kappa shape index (κ3) is 2.94. The molecule has 1 aromatic heterocycles. The number of piperazine rings is 1. The average Bonchev–Trinajstić information content (AvgIpc) is 3.37. The van der Waals surface area contributed by atoms with E-state index in [0.29, 0.717) is 37.6 Å². The minimum absolute atomic E-state index is 0.0766. The minimum atomic E-state index is -1.69. The first-order chi connectivity index (χ1) is 12.0. The van der Waals surface area contributed by atoms with Gasteiger partial charge >= 0.3 is 0 Å². The zero-order valence-electron chi connectivity index (χ0n) is 13.9. The fourth-order valence-electron chi connectivity index (χ4n) is 3.13. The van der Waals surface area contributed by atoms with Gasteiger partial charge in [-0.2, -0.15) is 4.99 Å². The molecule has 3 heterocycles. The van der Waals surface area contributed by atoms with Crippen molar-refractivity contribution in [1.82, 2.24) is 19.4 Å². The molecule has 1 saturated carbocycles. The lowest BCUT2D eigenvalue weighted by Gasteiger charge is -2.35. The van der Waals surface area contributed by atoms with Crippen molar-refractivity contribution in [2.45, 2.75) is 19.0 Å². The number of guanidine groups is 1. The Kier molecular flexibility index (Phi) is 3.85. The van der Waals surface area contributed by atoms with Crippen molar-refractivity contribution in [3.63, 3.8) is 0 Å². The number of imidazole rings is 1. The summed E-state index contributed by atoms with van der Waals surface area (Å²) in [5.41, 5.74) is 0.858. The number of rotatable bonds is 2. The fraction of sp³-hybridized carbons (Fsp3) is 0.562. The SMILES string of the molecule is Cn1cncc1C(=O)N1CCN(C2=NC(=O)C(F)C(C3CC3)=N2)CC1. The topological polar surface area (TPSA) is 83.2 Å². The van der Waals surface area contributed by atoms with Gasteiger partial charge < -0.3 is 14.4 Å². The predicted molar refractivity (Wildman–Crippen MR) is 88.2 cm³/mol. The lowest BCUT2D eigenvalue weighted by Crippen LogP contribution is -2.51. The maximum absolute atomic E-state index is 14.0. The Hall–Kier alpha value is -2.58. The van der Waals surface area contributed by atoms with E-state index in [9.17, 15) is 14.0 Å². The third-order valence-corrected chi connectivity index (χ3v) is 4.80. The summed E-state index contributed by atoms with van der Waals surface area (Å²) in [5, 5.41) is 0. The summed E-state index contributed by atoms with van der Waals surface area (Å²) in [7, 11) is 1.78. The highest BCUT2D eigenvalue weighted by atomic mass is 19.1. The molecule has 0 aromatic carbocycles. The molecule has 2 amide bonds. The van der Waals surface area contributed by atoms with E-state index in [-0.39, 0.29) is 17.8 Å². The van der Waals surface area contributed by atoms with E-state index < -0.39 is 12.1 Å². The zero-order chi connectivity index (χ0) is 17.6. The standard InChI is InChI=1S/C16H19FN6O2/c1-21-9-18-8-11(21)15(25)22-4-6-23(7-5-22)16-19-13(10-2-3-10)12(17)14(24)20-16/h8-10,12H,2-7H2,1H3. The molecule has 0 bridgehead atoms. The fourth-order valence-corrected chi connectivity index (χ4v) is 3.13. The van der Waals surface area contributed by atoms with Crippen LogP contribution in [0.25, 0.3) is 0 Å². The summed E-state index contributed by atoms with van der Waals surface area (Å²) in [4.78, 5) is 40.0. The van der Waals surface area contributed by atoms with Crippen LogP contribution in [-0.2, 0) is 11.8 Å². The second-order valence-electron chi connectivity index (χ2n) is 6.59. The normalized spacial score (nSPS) is 24.2. The van der Waals surface area contributed by atoms with Gasteiger partial charge in [0.2, 0.25) is 12.1 Å². The summed E-state index contributed by atoms with van der Waals surface area (Å²) in [6.45, 7) is 2.00. The van der Waals surface area contributed by atoms with E-state index in [0.717, 1.165) is 12.8 Å². The van der Waals surface area contributed by atoms with Crippen molar-refractivity contribution in [2.24, 2.45) is 23.0 Å². The number of hydrogen-bond donors (Lipinski definition) is 0. The van der Waals surface area contributed by atoms with Gasteiger partial charge in [-0.3, -0.25) is 9.59 Å². The predicted octanol–water partition coefficient (Wildman–Crippen LogP) is 0.263. The summed E-state index contributed by atoms with van der Waals surface area (Å²) in [6, 6.07) is 0. The second kappa shape index (κ2) is 6.05. The molecule has 0 N–H and O–H groups in total. The van der Waals surface area contributed by atoms with Crippen LogP contribution in [0, 0.1) is 5.92 Å². The molecule has 2 fully saturated rings. The van der Waals surface area contributed by atoms with Crippen molar-refractivity contribution in [3.8, 4) is 0 Å².